The van der Waals surface area contributed by atoms with Gasteiger partial charge in [-0.3, -0.25) is 4.79 Å². The lowest BCUT2D eigenvalue weighted by atomic mass is 9.98. The van der Waals surface area contributed by atoms with E-state index in [0.717, 1.165) is 57.1 Å². The molecule has 0 bridgehead atoms. The van der Waals surface area contributed by atoms with E-state index >= 15 is 0 Å². The molecule has 0 aliphatic carbocycles. The number of fused-ring (bicyclic) bond motifs is 1. The lowest BCUT2D eigenvalue weighted by Crippen LogP contribution is -2.41. The minimum absolute atomic E-state index is 0.0610. The molecule has 0 atom stereocenters. The zero-order valence-electron chi connectivity index (χ0n) is 20.8. The highest BCUT2D eigenvalue weighted by Crippen LogP contribution is 2.45. The molecular weight excluding hydrogens is 485 g/mol. The molecule has 0 saturated heterocycles. The molecule has 1 aromatic carbocycles. The molecule has 2 aromatic rings. The predicted molar refractivity (Wildman–Crippen MR) is 127 cm³/mol. The third-order valence-corrected chi connectivity index (χ3v) is 5.93. The molecule has 0 aliphatic heterocycles. The van der Waals surface area contributed by atoms with Crippen molar-refractivity contribution in [3.8, 4) is 5.75 Å². The highest BCUT2D eigenvalue weighted by atomic mass is 19.4. The maximum atomic E-state index is 14.2. The van der Waals surface area contributed by atoms with Gasteiger partial charge in [0.1, 0.15) is 5.75 Å². The molecular formula is C26H32F5NO4. The molecule has 0 spiro atoms. The lowest BCUT2D eigenvalue weighted by Gasteiger charge is -2.23. The Morgan fingerprint density at radius 1 is 0.972 bits per heavy atom. The molecule has 0 amide bonds. The van der Waals surface area contributed by atoms with Crippen molar-refractivity contribution >= 4 is 16.9 Å². The first-order chi connectivity index (χ1) is 16.8. The summed E-state index contributed by atoms with van der Waals surface area (Å²) in [4.78, 5) is 23.7. The highest BCUT2D eigenvalue weighted by molar-refractivity contribution is 5.89. The second-order valence-corrected chi connectivity index (χ2v) is 8.83. The highest BCUT2D eigenvalue weighted by Gasteiger charge is 2.61. The van der Waals surface area contributed by atoms with Crippen molar-refractivity contribution in [1.82, 2.24) is 4.57 Å². The number of hydrogen-bond donors (Lipinski definition) is 0. The number of pyridine rings is 1. The van der Waals surface area contributed by atoms with Crippen molar-refractivity contribution in [3.05, 3.63) is 51.8 Å². The largest absolute Gasteiger partial charge is 0.493 e. The topological polar surface area (TPSA) is 57.5 Å². The number of esters is 1. The third-order valence-electron chi connectivity index (χ3n) is 5.93. The first kappa shape index (κ1) is 29.3. The van der Waals surface area contributed by atoms with Gasteiger partial charge in [-0.2, -0.15) is 22.0 Å². The van der Waals surface area contributed by atoms with E-state index in [1.165, 1.54) is 12.1 Å². The van der Waals surface area contributed by atoms with Gasteiger partial charge in [-0.1, -0.05) is 44.7 Å². The summed E-state index contributed by atoms with van der Waals surface area (Å²) < 4.78 is 79.2. The molecule has 1 aromatic heterocycles. The molecule has 5 nitrogen and oxygen atoms in total. The minimum Gasteiger partial charge on any atom is -0.493 e. The summed E-state index contributed by atoms with van der Waals surface area (Å²) in [6.45, 7) is 6.82. The van der Waals surface area contributed by atoms with Gasteiger partial charge < -0.3 is 14.0 Å². The average molecular weight is 518 g/mol. The Morgan fingerprint density at radius 2 is 1.53 bits per heavy atom. The Kier molecular flexibility index (Phi) is 10.1. The summed E-state index contributed by atoms with van der Waals surface area (Å²) in [6, 6.07) is 4.54. The third kappa shape index (κ3) is 6.85. The minimum atomic E-state index is -5.90. The van der Waals surface area contributed by atoms with Crippen LogP contribution in [0.5, 0.6) is 5.75 Å². The zero-order valence-corrected chi connectivity index (χ0v) is 20.8. The standard InChI is InChI=1S/C26H32F5NO4/c1-17(2)24(34)36-16-11-9-7-5-6-8-10-15-35-20-14-12-13-19-21(20)18(3)22(23(33)32(19)4)25(27,28)26(29,30)31/h12-14H,1,5-11,15-16H2,2-4H3. The first-order valence-electron chi connectivity index (χ1n) is 11.8. The quantitative estimate of drug-likeness (QED) is 0.128. The maximum absolute atomic E-state index is 14.2. The number of hydrogen-bond acceptors (Lipinski definition) is 4. The van der Waals surface area contributed by atoms with Crippen LogP contribution in [0.3, 0.4) is 0 Å². The Hall–Kier alpha value is -2.91. The number of carbonyl (C=O) groups is 1. The Balaban J connectivity index is 1.94. The van der Waals surface area contributed by atoms with E-state index in [4.69, 9.17) is 9.47 Å². The number of unbranched alkanes of at least 4 members (excludes halogenated alkanes) is 6. The van der Waals surface area contributed by atoms with Crippen LogP contribution in [0.15, 0.2) is 35.1 Å². The van der Waals surface area contributed by atoms with Crippen LogP contribution in [-0.2, 0) is 22.5 Å². The number of alkyl halides is 5. The maximum Gasteiger partial charge on any atom is 0.458 e. The van der Waals surface area contributed by atoms with Gasteiger partial charge in [0.25, 0.3) is 5.56 Å². The van der Waals surface area contributed by atoms with Gasteiger partial charge in [-0.15, -0.1) is 0 Å². The Labute approximate surface area is 206 Å². The SMILES string of the molecule is C=C(C)C(=O)OCCCCCCCCCOc1cccc2c1c(C)c(C(F)(F)C(F)(F)F)c(=O)n2C. The lowest BCUT2D eigenvalue weighted by molar-refractivity contribution is -0.290. The number of nitrogens with zero attached hydrogens (tertiary/aromatic N) is 1. The second-order valence-electron chi connectivity index (χ2n) is 8.83. The van der Waals surface area contributed by atoms with Gasteiger partial charge in [0.2, 0.25) is 0 Å². The van der Waals surface area contributed by atoms with Crippen LogP contribution in [0.4, 0.5) is 22.0 Å². The number of aromatic nitrogens is 1. The fourth-order valence-corrected chi connectivity index (χ4v) is 3.93. The van der Waals surface area contributed by atoms with E-state index in [1.807, 2.05) is 0 Å². The molecule has 0 saturated carbocycles. The molecule has 0 aliphatic rings. The fourth-order valence-electron chi connectivity index (χ4n) is 3.93. The Bertz CT molecular complexity index is 1140. The van der Waals surface area contributed by atoms with E-state index in [2.05, 4.69) is 6.58 Å². The number of halogens is 5. The van der Waals surface area contributed by atoms with Gasteiger partial charge in [0.05, 0.1) is 24.3 Å². The second kappa shape index (κ2) is 12.4. The van der Waals surface area contributed by atoms with Gasteiger partial charge in [-0.25, -0.2) is 4.79 Å². The van der Waals surface area contributed by atoms with Crippen LogP contribution >= 0.6 is 0 Å². The predicted octanol–water partition coefficient (Wildman–Crippen LogP) is 6.73. The van der Waals surface area contributed by atoms with Crippen molar-refractivity contribution < 1.29 is 36.2 Å². The zero-order chi connectivity index (χ0) is 27.1. The first-order valence-corrected chi connectivity index (χ1v) is 11.8. The summed E-state index contributed by atoms with van der Waals surface area (Å²) in [5, 5.41) is 0.0610. The molecule has 0 unspecified atom stereocenters. The van der Waals surface area contributed by atoms with Crippen LogP contribution in [0.25, 0.3) is 10.9 Å². The van der Waals surface area contributed by atoms with Crippen LogP contribution in [-0.4, -0.2) is 29.9 Å². The van der Waals surface area contributed by atoms with Gasteiger partial charge >= 0.3 is 18.1 Å². The van der Waals surface area contributed by atoms with Crippen LogP contribution in [0, 0.1) is 6.92 Å². The molecule has 1 heterocycles. The number of carbonyl (C=O) groups excluding carboxylic acids is 1. The molecule has 0 fully saturated rings. The summed E-state index contributed by atoms with van der Waals surface area (Å²) in [5.41, 5.74) is -2.84. The molecule has 36 heavy (non-hydrogen) atoms. The molecule has 10 heteroatoms. The molecule has 0 N–H and O–H groups in total. The summed E-state index contributed by atoms with van der Waals surface area (Å²) in [6.07, 6.45) is 0.243. The van der Waals surface area contributed by atoms with Crippen LogP contribution < -0.4 is 10.3 Å². The van der Waals surface area contributed by atoms with E-state index in [0.29, 0.717) is 18.6 Å². The van der Waals surface area contributed by atoms with Crippen molar-refractivity contribution in [3.63, 3.8) is 0 Å². The van der Waals surface area contributed by atoms with E-state index < -0.39 is 28.8 Å². The summed E-state index contributed by atoms with van der Waals surface area (Å²) in [7, 11) is 1.16. The number of aryl methyl sites for hydroxylation is 2. The van der Waals surface area contributed by atoms with E-state index in [-0.39, 0.29) is 29.2 Å². The number of benzene rings is 1. The summed E-state index contributed by atoms with van der Waals surface area (Å²) in [5.74, 6) is -5.52. The summed E-state index contributed by atoms with van der Waals surface area (Å²) >= 11 is 0. The molecule has 0 radical (unpaired) electrons. The van der Waals surface area contributed by atoms with E-state index in [9.17, 15) is 31.5 Å². The molecule has 2 rings (SSSR count). The number of ether oxygens (including phenoxy) is 2. The van der Waals surface area contributed by atoms with Gasteiger partial charge in [0, 0.05) is 18.0 Å². The number of rotatable bonds is 13. The molecule has 200 valence electrons. The van der Waals surface area contributed by atoms with Crippen molar-refractivity contribution in [2.75, 3.05) is 13.2 Å². The van der Waals surface area contributed by atoms with Crippen LogP contribution in [0.1, 0.15) is 63.0 Å². The van der Waals surface area contributed by atoms with Crippen molar-refractivity contribution in [2.24, 2.45) is 7.05 Å². The van der Waals surface area contributed by atoms with Crippen molar-refractivity contribution in [2.45, 2.75) is 70.9 Å². The smallest absolute Gasteiger partial charge is 0.458 e. The van der Waals surface area contributed by atoms with Crippen molar-refractivity contribution in [1.29, 1.82) is 0 Å². The average Bonchev–Trinajstić information content (AvgIpc) is 2.79. The van der Waals surface area contributed by atoms with Gasteiger partial charge in [0.15, 0.2) is 0 Å². The van der Waals surface area contributed by atoms with E-state index in [1.54, 1.807) is 13.0 Å². The Morgan fingerprint density at radius 3 is 2.08 bits per heavy atom. The van der Waals surface area contributed by atoms with Gasteiger partial charge in [-0.05, 0) is 44.4 Å². The fraction of sp³-hybridized carbons (Fsp3) is 0.538. The van der Waals surface area contributed by atoms with Crippen LogP contribution in [0.2, 0.25) is 0 Å². The normalized spacial score (nSPS) is 12.1. The monoisotopic (exact) mass is 517 g/mol.